The van der Waals surface area contributed by atoms with Gasteiger partial charge in [0.2, 0.25) is 0 Å². The lowest BCUT2D eigenvalue weighted by atomic mass is 10.0. The lowest BCUT2D eigenvalue weighted by Crippen LogP contribution is -2.45. The second kappa shape index (κ2) is 6.22. The Balaban J connectivity index is 2.24. The van der Waals surface area contributed by atoms with Gasteiger partial charge in [-0.25, -0.2) is 8.78 Å². The van der Waals surface area contributed by atoms with Crippen molar-refractivity contribution in [2.45, 2.75) is 12.5 Å². The molecule has 1 aliphatic heterocycles. The summed E-state index contributed by atoms with van der Waals surface area (Å²) in [6, 6.07) is 3.24. The normalized spacial score (nSPS) is 18.8. The Morgan fingerprint density at radius 3 is 2.67 bits per heavy atom. The van der Waals surface area contributed by atoms with Crippen LogP contribution < -0.4 is 5.32 Å². The second-order valence-electron chi connectivity index (χ2n) is 4.48. The Hall–Kier alpha value is -1.04. The molecule has 1 aromatic carbocycles. The van der Waals surface area contributed by atoms with Gasteiger partial charge >= 0.3 is 0 Å². The van der Waals surface area contributed by atoms with Crippen molar-refractivity contribution in [3.63, 3.8) is 0 Å². The highest BCUT2D eigenvalue weighted by atomic mass is 19.1. The molecule has 1 atom stereocenters. The summed E-state index contributed by atoms with van der Waals surface area (Å²) in [7, 11) is 0. The Bertz CT molecular complexity index is 395. The van der Waals surface area contributed by atoms with Crippen LogP contribution in [0.2, 0.25) is 0 Å². The fourth-order valence-corrected chi connectivity index (χ4v) is 2.42. The summed E-state index contributed by atoms with van der Waals surface area (Å²) in [5.41, 5.74) is 0.339. The van der Waals surface area contributed by atoms with Crippen molar-refractivity contribution in [3.05, 3.63) is 35.4 Å². The molecule has 0 aromatic heterocycles. The molecule has 0 bridgehead atoms. The number of nitrogens with one attached hydrogen (secondary N) is 1. The standard InChI is InChI=1S/C13H18F2N2O/c14-10-1-2-12(15)11(9-10)13(3-8-18)17-6-4-16-5-7-17/h1-2,9,13,16,18H,3-8H2/t13-/m0/s1. The van der Waals surface area contributed by atoms with Gasteiger partial charge in [0.1, 0.15) is 11.6 Å². The molecular weight excluding hydrogens is 238 g/mol. The highest BCUT2D eigenvalue weighted by Gasteiger charge is 2.24. The summed E-state index contributed by atoms with van der Waals surface area (Å²) < 4.78 is 27.1. The zero-order chi connectivity index (χ0) is 13.0. The van der Waals surface area contributed by atoms with Crippen LogP contribution in [-0.2, 0) is 0 Å². The minimum Gasteiger partial charge on any atom is -0.396 e. The van der Waals surface area contributed by atoms with Gasteiger partial charge in [0.05, 0.1) is 0 Å². The van der Waals surface area contributed by atoms with Gasteiger partial charge in [0.15, 0.2) is 0 Å². The third-order valence-corrected chi connectivity index (χ3v) is 3.31. The van der Waals surface area contributed by atoms with Crippen molar-refractivity contribution in [1.82, 2.24) is 10.2 Å². The number of hydrogen-bond acceptors (Lipinski definition) is 3. The minimum atomic E-state index is -0.440. The number of benzene rings is 1. The molecule has 0 spiro atoms. The molecule has 0 amide bonds. The Morgan fingerprint density at radius 2 is 2.00 bits per heavy atom. The molecule has 0 saturated carbocycles. The van der Waals surface area contributed by atoms with Gasteiger partial charge in [0.25, 0.3) is 0 Å². The fraction of sp³-hybridized carbons (Fsp3) is 0.538. The number of halogens is 2. The van der Waals surface area contributed by atoms with Crippen LogP contribution in [-0.4, -0.2) is 42.8 Å². The average molecular weight is 256 g/mol. The van der Waals surface area contributed by atoms with E-state index in [0.29, 0.717) is 12.0 Å². The summed E-state index contributed by atoms with van der Waals surface area (Å²) >= 11 is 0. The molecule has 100 valence electrons. The number of aliphatic hydroxyl groups excluding tert-OH is 1. The molecule has 1 saturated heterocycles. The van der Waals surface area contributed by atoms with Crippen molar-refractivity contribution >= 4 is 0 Å². The summed E-state index contributed by atoms with van der Waals surface area (Å²) in [6.45, 7) is 3.18. The zero-order valence-electron chi connectivity index (χ0n) is 10.2. The molecule has 5 heteroatoms. The minimum absolute atomic E-state index is 0.0372. The average Bonchev–Trinajstić information content (AvgIpc) is 2.40. The highest BCUT2D eigenvalue weighted by Crippen LogP contribution is 2.27. The first kappa shape index (κ1) is 13.4. The summed E-state index contributed by atoms with van der Waals surface area (Å²) in [4.78, 5) is 2.09. The van der Waals surface area contributed by atoms with E-state index in [9.17, 15) is 8.78 Å². The predicted octanol–water partition coefficient (Wildman–Crippen LogP) is 1.29. The van der Waals surface area contributed by atoms with E-state index in [2.05, 4.69) is 10.2 Å². The van der Waals surface area contributed by atoms with Crippen LogP contribution in [0.15, 0.2) is 18.2 Å². The van der Waals surface area contributed by atoms with E-state index >= 15 is 0 Å². The van der Waals surface area contributed by atoms with Crippen LogP contribution in [0.1, 0.15) is 18.0 Å². The number of nitrogens with zero attached hydrogens (tertiary/aromatic N) is 1. The lowest BCUT2D eigenvalue weighted by molar-refractivity contribution is 0.138. The van der Waals surface area contributed by atoms with E-state index in [1.54, 1.807) is 0 Å². The third-order valence-electron chi connectivity index (χ3n) is 3.31. The molecule has 1 fully saturated rings. The van der Waals surface area contributed by atoms with Crippen LogP contribution in [0.5, 0.6) is 0 Å². The van der Waals surface area contributed by atoms with E-state index in [0.717, 1.165) is 38.3 Å². The highest BCUT2D eigenvalue weighted by molar-refractivity contribution is 5.22. The van der Waals surface area contributed by atoms with Gasteiger partial charge in [0, 0.05) is 44.4 Å². The molecule has 0 unspecified atom stereocenters. The van der Waals surface area contributed by atoms with Crippen LogP contribution in [0, 0.1) is 11.6 Å². The van der Waals surface area contributed by atoms with E-state index in [4.69, 9.17) is 5.11 Å². The maximum absolute atomic E-state index is 13.8. The quantitative estimate of drug-likeness (QED) is 0.852. The maximum Gasteiger partial charge on any atom is 0.128 e. The van der Waals surface area contributed by atoms with E-state index in [1.165, 1.54) is 6.07 Å². The van der Waals surface area contributed by atoms with Crippen LogP contribution >= 0.6 is 0 Å². The van der Waals surface area contributed by atoms with Crippen LogP contribution in [0.3, 0.4) is 0 Å². The van der Waals surface area contributed by atoms with Crippen molar-refractivity contribution in [1.29, 1.82) is 0 Å². The fourth-order valence-electron chi connectivity index (χ4n) is 2.42. The predicted molar refractivity (Wildman–Crippen MR) is 65.2 cm³/mol. The Morgan fingerprint density at radius 1 is 1.28 bits per heavy atom. The zero-order valence-corrected chi connectivity index (χ0v) is 10.2. The molecule has 2 rings (SSSR count). The van der Waals surface area contributed by atoms with Crippen molar-refractivity contribution in [3.8, 4) is 0 Å². The number of piperazine rings is 1. The van der Waals surface area contributed by atoms with Crippen molar-refractivity contribution in [2.24, 2.45) is 0 Å². The first-order chi connectivity index (χ1) is 8.72. The van der Waals surface area contributed by atoms with Gasteiger partial charge in [-0.2, -0.15) is 0 Å². The summed E-state index contributed by atoms with van der Waals surface area (Å²) in [5, 5.41) is 12.3. The van der Waals surface area contributed by atoms with Gasteiger partial charge in [-0.15, -0.1) is 0 Å². The van der Waals surface area contributed by atoms with Gasteiger partial charge in [-0.1, -0.05) is 0 Å². The molecule has 1 aromatic rings. The van der Waals surface area contributed by atoms with Crippen molar-refractivity contribution in [2.75, 3.05) is 32.8 Å². The number of aliphatic hydroxyl groups is 1. The molecule has 18 heavy (non-hydrogen) atoms. The molecule has 0 radical (unpaired) electrons. The monoisotopic (exact) mass is 256 g/mol. The van der Waals surface area contributed by atoms with E-state index < -0.39 is 11.6 Å². The molecule has 2 N–H and O–H groups in total. The van der Waals surface area contributed by atoms with E-state index in [1.807, 2.05) is 0 Å². The SMILES string of the molecule is OCC[C@@H](c1cc(F)ccc1F)N1CCNCC1. The topological polar surface area (TPSA) is 35.5 Å². The Labute approximate surface area is 105 Å². The number of rotatable bonds is 4. The van der Waals surface area contributed by atoms with Crippen LogP contribution in [0.25, 0.3) is 0 Å². The summed E-state index contributed by atoms with van der Waals surface area (Å²) in [6.07, 6.45) is 0.417. The van der Waals surface area contributed by atoms with E-state index in [-0.39, 0.29) is 12.6 Å². The van der Waals surface area contributed by atoms with Crippen molar-refractivity contribution < 1.29 is 13.9 Å². The molecular formula is C13H18F2N2O. The Kier molecular flexibility index (Phi) is 4.63. The smallest absolute Gasteiger partial charge is 0.128 e. The molecule has 0 aliphatic carbocycles. The van der Waals surface area contributed by atoms with Crippen LogP contribution in [0.4, 0.5) is 8.78 Å². The molecule has 1 heterocycles. The van der Waals surface area contributed by atoms with Gasteiger partial charge < -0.3 is 10.4 Å². The summed E-state index contributed by atoms with van der Waals surface area (Å²) in [5.74, 6) is -0.849. The first-order valence-corrected chi connectivity index (χ1v) is 6.23. The third kappa shape index (κ3) is 3.04. The first-order valence-electron chi connectivity index (χ1n) is 6.23. The van der Waals surface area contributed by atoms with Gasteiger partial charge in [-0.3, -0.25) is 4.90 Å². The lowest BCUT2D eigenvalue weighted by Gasteiger charge is -2.35. The van der Waals surface area contributed by atoms with Gasteiger partial charge in [-0.05, 0) is 24.6 Å². The number of hydrogen-bond donors (Lipinski definition) is 2. The second-order valence-corrected chi connectivity index (χ2v) is 4.48. The molecule has 3 nitrogen and oxygen atoms in total. The maximum atomic E-state index is 13.8. The molecule has 1 aliphatic rings. The largest absolute Gasteiger partial charge is 0.396 e.